The lowest BCUT2D eigenvalue weighted by Gasteiger charge is -2.15. The van der Waals surface area contributed by atoms with E-state index < -0.39 is 0 Å². The third-order valence-electron chi connectivity index (χ3n) is 5.14. The maximum atomic E-state index is 4.53. The SMILES string of the molecule is c1c(CC2CCCC2)nnc2c1C1CCC2C1. The lowest BCUT2D eigenvalue weighted by molar-refractivity contribution is 0.532. The summed E-state index contributed by atoms with van der Waals surface area (Å²) in [5, 5.41) is 9.02. The third kappa shape index (κ3) is 1.61. The Morgan fingerprint density at radius 2 is 1.82 bits per heavy atom. The van der Waals surface area contributed by atoms with Crippen LogP contribution in [-0.2, 0) is 6.42 Å². The smallest absolute Gasteiger partial charge is 0.0697 e. The molecule has 2 bridgehead atoms. The van der Waals surface area contributed by atoms with Crippen molar-refractivity contribution in [1.82, 2.24) is 10.2 Å². The molecule has 0 saturated heterocycles. The van der Waals surface area contributed by atoms with Crippen molar-refractivity contribution in [3.63, 3.8) is 0 Å². The molecule has 2 unspecified atom stereocenters. The van der Waals surface area contributed by atoms with Gasteiger partial charge >= 0.3 is 0 Å². The van der Waals surface area contributed by atoms with Gasteiger partial charge in [-0.1, -0.05) is 25.7 Å². The predicted octanol–water partition coefficient (Wildman–Crippen LogP) is 3.57. The first kappa shape index (κ1) is 10.0. The van der Waals surface area contributed by atoms with Gasteiger partial charge in [-0.3, -0.25) is 0 Å². The van der Waals surface area contributed by atoms with Crippen LogP contribution in [0.3, 0.4) is 0 Å². The molecule has 0 amide bonds. The average molecular weight is 228 g/mol. The Kier molecular flexibility index (Phi) is 2.24. The minimum atomic E-state index is 0.753. The highest BCUT2D eigenvalue weighted by Crippen LogP contribution is 2.52. The molecule has 2 heteroatoms. The molecule has 2 saturated carbocycles. The van der Waals surface area contributed by atoms with Crippen LogP contribution in [0.4, 0.5) is 0 Å². The van der Waals surface area contributed by atoms with Crippen molar-refractivity contribution in [3.05, 3.63) is 23.0 Å². The summed E-state index contributed by atoms with van der Waals surface area (Å²) < 4.78 is 0. The molecule has 1 aromatic rings. The van der Waals surface area contributed by atoms with Crippen LogP contribution in [-0.4, -0.2) is 10.2 Å². The summed E-state index contributed by atoms with van der Waals surface area (Å²) in [5.41, 5.74) is 4.17. The molecule has 3 aliphatic carbocycles. The highest BCUT2D eigenvalue weighted by Gasteiger charge is 2.38. The highest BCUT2D eigenvalue weighted by molar-refractivity contribution is 5.36. The van der Waals surface area contributed by atoms with Crippen molar-refractivity contribution in [2.24, 2.45) is 5.92 Å². The lowest BCUT2D eigenvalue weighted by atomic mass is 9.94. The molecular formula is C15H20N2. The Labute approximate surface area is 103 Å². The fraction of sp³-hybridized carbons (Fsp3) is 0.733. The van der Waals surface area contributed by atoms with Gasteiger partial charge in [-0.2, -0.15) is 10.2 Å². The molecule has 0 spiro atoms. The summed E-state index contributed by atoms with van der Waals surface area (Å²) in [5.74, 6) is 2.47. The van der Waals surface area contributed by atoms with E-state index >= 15 is 0 Å². The molecule has 2 atom stereocenters. The van der Waals surface area contributed by atoms with Gasteiger partial charge in [-0.05, 0) is 49.1 Å². The molecule has 2 nitrogen and oxygen atoms in total. The highest BCUT2D eigenvalue weighted by atomic mass is 15.1. The van der Waals surface area contributed by atoms with Crippen molar-refractivity contribution in [3.8, 4) is 0 Å². The molecule has 0 aliphatic heterocycles. The van der Waals surface area contributed by atoms with Crippen LogP contribution >= 0.6 is 0 Å². The van der Waals surface area contributed by atoms with E-state index in [2.05, 4.69) is 16.3 Å². The van der Waals surface area contributed by atoms with E-state index in [1.54, 1.807) is 5.56 Å². The van der Waals surface area contributed by atoms with Crippen molar-refractivity contribution in [2.45, 2.75) is 63.2 Å². The number of hydrogen-bond donors (Lipinski definition) is 0. The first-order valence-corrected chi connectivity index (χ1v) is 7.26. The zero-order chi connectivity index (χ0) is 11.2. The summed E-state index contributed by atoms with van der Waals surface area (Å²) in [6, 6.07) is 2.39. The lowest BCUT2D eigenvalue weighted by Crippen LogP contribution is -2.08. The Bertz CT molecular complexity index is 435. The van der Waals surface area contributed by atoms with Gasteiger partial charge in [0, 0.05) is 5.92 Å². The van der Waals surface area contributed by atoms with E-state index in [4.69, 9.17) is 0 Å². The van der Waals surface area contributed by atoms with Crippen LogP contribution in [0, 0.1) is 5.92 Å². The van der Waals surface area contributed by atoms with E-state index in [1.165, 1.54) is 62.8 Å². The van der Waals surface area contributed by atoms with E-state index in [9.17, 15) is 0 Å². The van der Waals surface area contributed by atoms with Gasteiger partial charge < -0.3 is 0 Å². The molecule has 2 fully saturated rings. The fourth-order valence-corrected chi connectivity index (χ4v) is 4.22. The van der Waals surface area contributed by atoms with Gasteiger partial charge in [-0.25, -0.2) is 0 Å². The molecule has 0 radical (unpaired) electrons. The summed E-state index contributed by atoms with van der Waals surface area (Å²) in [6.07, 6.45) is 11.0. The zero-order valence-electron chi connectivity index (χ0n) is 10.4. The van der Waals surface area contributed by atoms with Crippen molar-refractivity contribution in [2.75, 3.05) is 0 Å². The first-order valence-electron chi connectivity index (χ1n) is 7.26. The molecule has 1 aromatic heterocycles. The Morgan fingerprint density at radius 3 is 2.71 bits per heavy atom. The van der Waals surface area contributed by atoms with Crippen LogP contribution in [0.25, 0.3) is 0 Å². The van der Waals surface area contributed by atoms with Crippen LogP contribution in [0.2, 0.25) is 0 Å². The quantitative estimate of drug-likeness (QED) is 0.773. The maximum absolute atomic E-state index is 4.53. The van der Waals surface area contributed by atoms with Gasteiger partial charge in [0.1, 0.15) is 0 Å². The number of fused-ring (bicyclic) bond motifs is 5. The Balaban J connectivity index is 1.59. The second kappa shape index (κ2) is 3.79. The first-order chi connectivity index (χ1) is 8.40. The topological polar surface area (TPSA) is 25.8 Å². The number of rotatable bonds is 2. The van der Waals surface area contributed by atoms with Gasteiger partial charge in [0.15, 0.2) is 0 Å². The largest absolute Gasteiger partial charge is 0.155 e. The van der Waals surface area contributed by atoms with Crippen LogP contribution in [0.1, 0.15) is 73.7 Å². The second-order valence-corrected chi connectivity index (χ2v) is 6.24. The molecule has 17 heavy (non-hydrogen) atoms. The van der Waals surface area contributed by atoms with E-state index in [0.717, 1.165) is 17.8 Å². The zero-order valence-corrected chi connectivity index (χ0v) is 10.4. The molecule has 0 aromatic carbocycles. The monoisotopic (exact) mass is 228 g/mol. The molecular weight excluding hydrogens is 208 g/mol. The standard InChI is InChI=1S/C15H20N2/c1-2-4-10(3-1)7-13-9-14-11-5-6-12(8-11)15(14)17-16-13/h9-12H,1-8H2. The summed E-state index contributed by atoms with van der Waals surface area (Å²) in [7, 11) is 0. The van der Waals surface area contributed by atoms with Gasteiger partial charge in [0.05, 0.1) is 11.4 Å². The third-order valence-corrected chi connectivity index (χ3v) is 5.14. The molecule has 1 heterocycles. The van der Waals surface area contributed by atoms with Gasteiger partial charge in [0.25, 0.3) is 0 Å². The summed E-state index contributed by atoms with van der Waals surface area (Å²) in [6.45, 7) is 0. The minimum absolute atomic E-state index is 0.753. The summed E-state index contributed by atoms with van der Waals surface area (Å²) >= 11 is 0. The van der Waals surface area contributed by atoms with Crippen molar-refractivity contribution >= 4 is 0 Å². The predicted molar refractivity (Wildman–Crippen MR) is 67.0 cm³/mol. The molecule has 3 aliphatic rings. The maximum Gasteiger partial charge on any atom is 0.0697 e. The second-order valence-electron chi connectivity index (χ2n) is 6.24. The fourth-order valence-electron chi connectivity index (χ4n) is 4.22. The van der Waals surface area contributed by atoms with E-state index in [0.29, 0.717) is 0 Å². The minimum Gasteiger partial charge on any atom is -0.155 e. The van der Waals surface area contributed by atoms with Gasteiger partial charge in [0.2, 0.25) is 0 Å². The Hall–Kier alpha value is -0.920. The van der Waals surface area contributed by atoms with E-state index in [-0.39, 0.29) is 0 Å². The molecule has 0 N–H and O–H groups in total. The van der Waals surface area contributed by atoms with Crippen LogP contribution < -0.4 is 0 Å². The summed E-state index contributed by atoms with van der Waals surface area (Å²) in [4.78, 5) is 0. The average Bonchev–Trinajstić information content (AvgIpc) is 3.04. The van der Waals surface area contributed by atoms with Crippen molar-refractivity contribution < 1.29 is 0 Å². The normalized spacial score (nSPS) is 31.1. The van der Waals surface area contributed by atoms with Crippen molar-refractivity contribution in [1.29, 1.82) is 0 Å². The molecule has 90 valence electrons. The van der Waals surface area contributed by atoms with Crippen LogP contribution in [0.5, 0.6) is 0 Å². The number of hydrogen-bond acceptors (Lipinski definition) is 2. The Morgan fingerprint density at radius 1 is 1.00 bits per heavy atom. The van der Waals surface area contributed by atoms with Crippen LogP contribution in [0.15, 0.2) is 6.07 Å². The number of nitrogens with zero attached hydrogens (tertiary/aromatic N) is 2. The molecule has 4 rings (SSSR count). The van der Waals surface area contributed by atoms with Gasteiger partial charge in [-0.15, -0.1) is 0 Å². The van der Waals surface area contributed by atoms with E-state index in [1.807, 2.05) is 0 Å². The number of aromatic nitrogens is 2.